The summed E-state index contributed by atoms with van der Waals surface area (Å²) in [6.07, 6.45) is 2.33. The number of hydrogen-bond acceptors (Lipinski definition) is 3. The topological polar surface area (TPSA) is 38.3 Å². The molecule has 3 nitrogen and oxygen atoms in total. The fourth-order valence-electron chi connectivity index (χ4n) is 2.48. The lowest BCUT2D eigenvalue weighted by Crippen LogP contribution is -2.38. The van der Waals surface area contributed by atoms with Gasteiger partial charge in [-0.1, -0.05) is 63.9 Å². The molecule has 0 bridgehead atoms. The molecule has 21 heavy (non-hydrogen) atoms. The van der Waals surface area contributed by atoms with Gasteiger partial charge >= 0.3 is 5.97 Å². The third-order valence-corrected chi connectivity index (χ3v) is 4.13. The third kappa shape index (κ3) is 6.30. The van der Waals surface area contributed by atoms with Crippen LogP contribution in [0.1, 0.15) is 46.1 Å². The van der Waals surface area contributed by atoms with Crippen LogP contribution in [-0.2, 0) is 16.1 Å². The summed E-state index contributed by atoms with van der Waals surface area (Å²) in [5.74, 6) is 0.408. The van der Waals surface area contributed by atoms with Crippen molar-refractivity contribution >= 4 is 5.97 Å². The predicted molar refractivity (Wildman–Crippen MR) is 86.9 cm³/mol. The van der Waals surface area contributed by atoms with Crippen LogP contribution in [0.5, 0.6) is 0 Å². The standard InChI is InChI=1S/C18H29NO2/c1-5-17(6-2)15(4)19-12-14(3)18(20)21-13-16-10-8-7-9-11-16/h7-11,14-15,17,19H,5-6,12-13H2,1-4H3. The number of nitrogens with one attached hydrogen (secondary N) is 1. The normalized spacial score (nSPS) is 14.0. The van der Waals surface area contributed by atoms with Crippen molar-refractivity contribution in [3.63, 3.8) is 0 Å². The molecule has 1 N–H and O–H groups in total. The highest BCUT2D eigenvalue weighted by Crippen LogP contribution is 2.13. The SMILES string of the molecule is CCC(CC)C(C)NCC(C)C(=O)OCc1ccccc1. The van der Waals surface area contributed by atoms with Crippen molar-refractivity contribution in [3.8, 4) is 0 Å². The second-order valence-corrected chi connectivity index (χ2v) is 5.77. The monoisotopic (exact) mass is 291 g/mol. The summed E-state index contributed by atoms with van der Waals surface area (Å²) < 4.78 is 5.36. The minimum atomic E-state index is -0.136. The van der Waals surface area contributed by atoms with Crippen LogP contribution in [0.15, 0.2) is 30.3 Å². The molecule has 118 valence electrons. The smallest absolute Gasteiger partial charge is 0.310 e. The lowest BCUT2D eigenvalue weighted by atomic mass is 9.95. The van der Waals surface area contributed by atoms with E-state index < -0.39 is 0 Å². The van der Waals surface area contributed by atoms with Gasteiger partial charge in [-0.15, -0.1) is 0 Å². The van der Waals surface area contributed by atoms with Gasteiger partial charge in [0, 0.05) is 12.6 Å². The van der Waals surface area contributed by atoms with E-state index in [0.29, 0.717) is 25.1 Å². The van der Waals surface area contributed by atoms with Gasteiger partial charge < -0.3 is 10.1 Å². The van der Waals surface area contributed by atoms with E-state index in [0.717, 1.165) is 18.4 Å². The Kier molecular flexibility index (Phi) is 8.06. The molecule has 0 aliphatic rings. The van der Waals surface area contributed by atoms with Crippen LogP contribution in [-0.4, -0.2) is 18.6 Å². The zero-order valence-corrected chi connectivity index (χ0v) is 13.8. The zero-order valence-electron chi connectivity index (χ0n) is 13.8. The van der Waals surface area contributed by atoms with Gasteiger partial charge in [-0.05, 0) is 18.4 Å². The lowest BCUT2D eigenvalue weighted by Gasteiger charge is -2.24. The van der Waals surface area contributed by atoms with Gasteiger partial charge in [-0.2, -0.15) is 0 Å². The Morgan fingerprint density at radius 3 is 2.33 bits per heavy atom. The summed E-state index contributed by atoms with van der Waals surface area (Å²) in [5, 5.41) is 3.46. The number of carbonyl (C=O) groups excluding carboxylic acids is 1. The highest BCUT2D eigenvalue weighted by atomic mass is 16.5. The third-order valence-electron chi connectivity index (χ3n) is 4.13. The highest BCUT2D eigenvalue weighted by molar-refractivity contribution is 5.72. The number of ether oxygens (including phenoxy) is 1. The van der Waals surface area contributed by atoms with Crippen LogP contribution in [0.3, 0.4) is 0 Å². The largest absolute Gasteiger partial charge is 0.461 e. The molecule has 2 atom stereocenters. The summed E-state index contributed by atoms with van der Waals surface area (Å²) in [5.41, 5.74) is 1.02. The van der Waals surface area contributed by atoms with Gasteiger partial charge in [0.05, 0.1) is 5.92 Å². The van der Waals surface area contributed by atoms with Crippen molar-refractivity contribution in [2.24, 2.45) is 11.8 Å². The molecule has 0 aliphatic heterocycles. The molecule has 1 rings (SSSR count). The quantitative estimate of drug-likeness (QED) is 0.704. The van der Waals surface area contributed by atoms with E-state index in [1.54, 1.807) is 0 Å². The van der Waals surface area contributed by atoms with Crippen molar-refractivity contribution in [2.75, 3.05) is 6.54 Å². The minimum Gasteiger partial charge on any atom is -0.461 e. The fraction of sp³-hybridized carbons (Fsp3) is 0.611. The number of hydrogen-bond donors (Lipinski definition) is 1. The minimum absolute atomic E-state index is 0.120. The molecule has 0 aliphatic carbocycles. The van der Waals surface area contributed by atoms with E-state index in [9.17, 15) is 4.79 Å². The molecule has 0 spiro atoms. The van der Waals surface area contributed by atoms with Crippen LogP contribution in [0, 0.1) is 11.8 Å². The van der Waals surface area contributed by atoms with Gasteiger partial charge in [0.1, 0.15) is 6.61 Å². The summed E-state index contributed by atoms with van der Waals surface area (Å²) in [6, 6.07) is 10.2. The molecule has 0 fully saturated rings. The number of rotatable bonds is 9. The average Bonchev–Trinajstić information content (AvgIpc) is 2.52. The highest BCUT2D eigenvalue weighted by Gasteiger charge is 2.18. The zero-order chi connectivity index (χ0) is 15.7. The number of benzene rings is 1. The second kappa shape index (κ2) is 9.56. The van der Waals surface area contributed by atoms with Crippen molar-refractivity contribution in [1.29, 1.82) is 0 Å². The molecule has 0 aromatic heterocycles. The van der Waals surface area contributed by atoms with E-state index in [1.165, 1.54) is 0 Å². The van der Waals surface area contributed by atoms with Gasteiger partial charge in [-0.3, -0.25) is 4.79 Å². The van der Waals surface area contributed by atoms with Crippen molar-refractivity contribution in [1.82, 2.24) is 5.32 Å². The molecule has 1 aromatic rings. The van der Waals surface area contributed by atoms with Gasteiger partial charge in [0.25, 0.3) is 0 Å². The summed E-state index contributed by atoms with van der Waals surface area (Å²) in [4.78, 5) is 12.0. The van der Waals surface area contributed by atoms with Crippen LogP contribution in [0.4, 0.5) is 0 Å². The van der Waals surface area contributed by atoms with E-state index in [4.69, 9.17) is 4.74 Å². The number of carbonyl (C=O) groups is 1. The Labute approximate surface area is 129 Å². The molecular formula is C18H29NO2. The van der Waals surface area contributed by atoms with Crippen LogP contribution >= 0.6 is 0 Å². The number of esters is 1. The van der Waals surface area contributed by atoms with Crippen molar-refractivity contribution in [2.45, 2.75) is 53.2 Å². The first-order valence-electron chi connectivity index (χ1n) is 8.02. The first-order chi connectivity index (χ1) is 10.1. The second-order valence-electron chi connectivity index (χ2n) is 5.77. The maximum absolute atomic E-state index is 12.0. The Morgan fingerprint density at radius 2 is 1.76 bits per heavy atom. The average molecular weight is 291 g/mol. The maximum atomic E-state index is 12.0. The summed E-state index contributed by atoms with van der Waals surface area (Å²) >= 11 is 0. The first kappa shape index (κ1) is 17.7. The Bertz CT molecular complexity index is 401. The van der Waals surface area contributed by atoms with Crippen LogP contribution < -0.4 is 5.32 Å². The molecule has 2 unspecified atom stereocenters. The molecule has 3 heteroatoms. The maximum Gasteiger partial charge on any atom is 0.310 e. The molecule has 0 saturated carbocycles. The molecule has 0 radical (unpaired) electrons. The lowest BCUT2D eigenvalue weighted by molar-refractivity contribution is -0.149. The fourth-order valence-corrected chi connectivity index (χ4v) is 2.48. The Morgan fingerprint density at radius 1 is 1.14 bits per heavy atom. The molecule has 1 aromatic carbocycles. The molecule has 0 saturated heterocycles. The van der Waals surface area contributed by atoms with Gasteiger partial charge in [-0.25, -0.2) is 0 Å². The summed E-state index contributed by atoms with van der Waals surface area (Å²) in [7, 11) is 0. The van der Waals surface area contributed by atoms with E-state index in [1.807, 2.05) is 37.3 Å². The molecule has 0 amide bonds. The van der Waals surface area contributed by atoms with E-state index >= 15 is 0 Å². The van der Waals surface area contributed by atoms with E-state index in [2.05, 4.69) is 26.1 Å². The van der Waals surface area contributed by atoms with Crippen molar-refractivity contribution in [3.05, 3.63) is 35.9 Å². The summed E-state index contributed by atoms with van der Waals surface area (Å²) in [6.45, 7) is 9.56. The Balaban J connectivity index is 2.31. The molecule has 0 heterocycles. The van der Waals surface area contributed by atoms with Crippen molar-refractivity contribution < 1.29 is 9.53 Å². The van der Waals surface area contributed by atoms with Crippen LogP contribution in [0.2, 0.25) is 0 Å². The predicted octanol–water partition coefficient (Wildman–Crippen LogP) is 3.78. The molecular weight excluding hydrogens is 262 g/mol. The van der Waals surface area contributed by atoms with Gasteiger partial charge in [0.2, 0.25) is 0 Å². The van der Waals surface area contributed by atoms with E-state index in [-0.39, 0.29) is 11.9 Å². The van der Waals surface area contributed by atoms with Crippen LogP contribution in [0.25, 0.3) is 0 Å². The first-order valence-corrected chi connectivity index (χ1v) is 8.02. The Hall–Kier alpha value is -1.35. The van der Waals surface area contributed by atoms with Gasteiger partial charge in [0.15, 0.2) is 0 Å².